The number of aryl methyl sites for hydroxylation is 4. The third-order valence-corrected chi connectivity index (χ3v) is 4.41. The molecule has 2 rings (SSSR count). The molecule has 102 valence electrons. The Hall–Kier alpha value is -1.33. The van der Waals surface area contributed by atoms with Gasteiger partial charge in [-0.05, 0) is 38.0 Å². The van der Waals surface area contributed by atoms with Crippen molar-refractivity contribution >= 4 is 19.7 Å². The quantitative estimate of drug-likeness (QED) is 0.796. The topological polar surface area (TPSA) is 60.2 Å². The minimum atomic E-state index is -3.77. The summed E-state index contributed by atoms with van der Waals surface area (Å²) >= 11 is 0. The Kier molecular flexibility index (Phi) is 3.45. The Morgan fingerprint density at radius 2 is 1.74 bits per heavy atom. The highest BCUT2D eigenvalue weighted by atomic mass is 35.7. The predicted octanol–water partition coefficient (Wildman–Crippen LogP) is 3.50. The Morgan fingerprint density at radius 3 is 2.21 bits per heavy atom. The van der Waals surface area contributed by atoms with Crippen LogP contribution in [0.3, 0.4) is 0 Å². The first-order valence-corrected chi connectivity index (χ1v) is 8.01. The lowest BCUT2D eigenvalue weighted by Gasteiger charge is -2.09. The average Bonchev–Trinajstić information content (AvgIpc) is 2.55. The molecule has 2 aromatic rings. The number of benzene rings is 1. The van der Waals surface area contributed by atoms with Crippen LogP contribution in [0.4, 0.5) is 0 Å². The summed E-state index contributed by atoms with van der Waals surface area (Å²) in [5.41, 5.74) is 2.92. The SMILES string of the molecule is Cc1nc(-c2cc(S(=O)(=O)Cl)c(C)cc2C)c(C)o1. The first-order valence-electron chi connectivity index (χ1n) is 5.70. The summed E-state index contributed by atoms with van der Waals surface area (Å²) in [6.07, 6.45) is 0. The highest BCUT2D eigenvalue weighted by Gasteiger charge is 2.19. The second kappa shape index (κ2) is 4.65. The van der Waals surface area contributed by atoms with E-state index >= 15 is 0 Å². The molecular formula is C13H14ClNO3S. The van der Waals surface area contributed by atoms with Crippen LogP contribution in [0.1, 0.15) is 22.8 Å². The Morgan fingerprint density at radius 1 is 1.11 bits per heavy atom. The van der Waals surface area contributed by atoms with Crippen molar-refractivity contribution in [3.05, 3.63) is 34.9 Å². The van der Waals surface area contributed by atoms with Crippen LogP contribution in [0.15, 0.2) is 21.4 Å². The van der Waals surface area contributed by atoms with Gasteiger partial charge in [-0.25, -0.2) is 13.4 Å². The van der Waals surface area contributed by atoms with Gasteiger partial charge in [-0.15, -0.1) is 0 Å². The molecule has 0 N–H and O–H groups in total. The Balaban J connectivity index is 2.75. The molecule has 0 saturated carbocycles. The van der Waals surface area contributed by atoms with E-state index in [-0.39, 0.29) is 4.90 Å². The van der Waals surface area contributed by atoms with Crippen LogP contribution in [0.2, 0.25) is 0 Å². The van der Waals surface area contributed by atoms with Gasteiger partial charge in [-0.3, -0.25) is 0 Å². The van der Waals surface area contributed by atoms with Crippen LogP contribution in [0.25, 0.3) is 11.3 Å². The third kappa shape index (κ3) is 2.67. The zero-order valence-electron chi connectivity index (χ0n) is 11.1. The largest absolute Gasteiger partial charge is 0.446 e. The van der Waals surface area contributed by atoms with Gasteiger partial charge in [0.1, 0.15) is 11.5 Å². The zero-order valence-corrected chi connectivity index (χ0v) is 12.7. The number of oxazole rings is 1. The lowest BCUT2D eigenvalue weighted by Crippen LogP contribution is -1.98. The average molecular weight is 300 g/mol. The van der Waals surface area contributed by atoms with Crippen molar-refractivity contribution in [2.45, 2.75) is 32.6 Å². The van der Waals surface area contributed by atoms with E-state index in [2.05, 4.69) is 4.98 Å². The summed E-state index contributed by atoms with van der Waals surface area (Å²) in [6, 6.07) is 3.34. The van der Waals surface area contributed by atoms with Gasteiger partial charge in [-0.1, -0.05) is 6.07 Å². The maximum Gasteiger partial charge on any atom is 0.261 e. The molecule has 4 nitrogen and oxygen atoms in total. The van der Waals surface area contributed by atoms with Gasteiger partial charge in [0.25, 0.3) is 9.05 Å². The molecule has 0 amide bonds. The van der Waals surface area contributed by atoms with Crippen LogP contribution >= 0.6 is 10.7 Å². The van der Waals surface area contributed by atoms with E-state index in [0.29, 0.717) is 22.9 Å². The summed E-state index contributed by atoms with van der Waals surface area (Å²) in [7, 11) is 1.68. The van der Waals surface area contributed by atoms with Gasteiger partial charge in [0, 0.05) is 23.2 Å². The molecule has 6 heteroatoms. The van der Waals surface area contributed by atoms with E-state index < -0.39 is 9.05 Å². The van der Waals surface area contributed by atoms with E-state index in [1.54, 1.807) is 32.9 Å². The smallest absolute Gasteiger partial charge is 0.261 e. The highest BCUT2D eigenvalue weighted by Crippen LogP contribution is 2.31. The fourth-order valence-electron chi connectivity index (χ4n) is 2.13. The maximum atomic E-state index is 11.6. The lowest BCUT2D eigenvalue weighted by atomic mass is 10.0. The molecule has 0 aliphatic heterocycles. The van der Waals surface area contributed by atoms with E-state index in [9.17, 15) is 8.42 Å². The normalized spacial score (nSPS) is 11.8. The van der Waals surface area contributed by atoms with Crippen molar-refractivity contribution in [2.75, 3.05) is 0 Å². The van der Waals surface area contributed by atoms with Crippen molar-refractivity contribution in [3.63, 3.8) is 0 Å². The maximum absolute atomic E-state index is 11.6. The van der Waals surface area contributed by atoms with Gasteiger partial charge in [0.2, 0.25) is 0 Å². The fraction of sp³-hybridized carbons (Fsp3) is 0.308. The minimum absolute atomic E-state index is 0.106. The van der Waals surface area contributed by atoms with Crippen LogP contribution in [-0.2, 0) is 9.05 Å². The van der Waals surface area contributed by atoms with Crippen molar-refractivity contribution < 1.29 is 12.8 Å². The summed E-state index contributed by atoms with van der Waals surface area (Å²) in [5, 5.41) is 0. The van der Waals surface area contributed by atoms with E-state index in [4.69, 9.17) is 15.1 Å². The Bertz CT molecular complexity index is 747. The predicted molar refractivity (Wildman–Crippen MR) is 73.9 cm³/mol. The minimum Gasteiger partial charge on any atom is -0.446 e. The summed E-state index contributed by atoms with van der Waals surface area (Å²) in [4.78, 5) is 4.40. The number of aromatic nitrogens is 1. The molecule has 19 heavy (non-hydrogen) atoms. The van der Waals surface area contributed by atoms with Crippen LogP contribution in [0, 0.1) is 27.7 Å². The molecule has 0 unspecified atom stereocenters. The number of halogens is 1. The second-order valence-corrected chi connectivity index (χ2v) is 7.04. The molecule has 0 aliphatic rings. The third-order valence-electron chi connectivity index (χ3n) is 2.94. The summed E-state index contributed by atoms with van der Waals surface area (Å²) < 4.78 is 28.5. The number of hydrogen-bond donors (Lipinski definition) is 0. The monoisotopic (exact) mass is 299 g/mol. The molecule has 0 radical (unpaired) electrons. The summed E-state index contributed by atoms with van der Waals surface area (Å²) in [6.45, 7) is 7.16. The first kappa shape index (κ1) is 14.1. The molecular weight excluding hydrogens is 286 g/mol. The molecule has 0 bridgehead atoms. The number of hydrogen-bond acceptors (Lipinski definition) is 4. The van der Waals surface area contributed by atoms with Crippen molar-refractivity contribution in [3.8, 4) is 11.3 Å². The fourth-order valence-corrected chi connectivity index (χ4v) is 3.33. The van der Waals surface area contributed by atoms with E-state index in [0.717, 1.165) is 11.1 Å². The first-order chi connectivity index (χ1) is 8.70. The lowest BCUT2D eigenvalue weighted by molar-refractivity contribution is 0.494. The second-order valence-electron chi connectivity index (χ2n) is 4.51. The van der Waals surface area contributed by atoms with Gasteiger partial charge in [0.15, 0.2) is 5.89 Å². The molecule has 0 saturated heterocycles. The van der Waals surface area contributed by atoms with Crippen molar-refractivity contribution in [2.24, 2.45) is 0 Å². The number of rotatable bonds is 2. The Labute approximate surface area is 116 Å². The van der Waals surface area contributed by atoms with Gasteiger partial charge >= 0.3 is 0 Å². The molecule has 0 atom stereocenters. The molecule has 0 spiro atoms. The highest BCUT2D eigenvalue weighted by molar-refractivity contribution is 8.13. The molecule has 1 aromatic carbocycles. The van der Waals surface area contributed by atoms with Gasteiger partial charge < -0.3 is 4.42 Å². The zero-order chi connectivity index (χ0) is 14.4. The standard InChI is InChI=1S/C13H14ClNO3S/c1-7-5-8(2)12(19(14,16)17)6-11(7)13-9(3)18-10(4)15-13/h5-6H,1-4H3. The van der Waals surface area contributed by atoms with Crippen LogP contribution < -0.4 is 0 Å². The number of nitrogens with zero attached hydrogens (tertiary/aromatic N) is 1. The van der Waals surface area contributed by atoms with Crippen molar-refractivity contribution in [1.29, 1.82) is 0 Å². The van der Waals surface area contributed by atoms with Gasteiger partial charge in [-0.2, -0.15) is 0 Å². The van der Waals surface area contributed by atoms with E-state index in [1.165, 1.54) is 0 Å². The molecule has 1 aromatic heterocycles. The summed E-state index contributed by atoms with van der Waals surface area (Å²) in [5.74, 6) is 1.20. The van der Waals surface area contributed by atoms with Crippen LogP contribution in [0.5, 0.6) is 0 Å². The molecule has 1 heterocycles. The van der Waals surface area contributed by atoms with Crippen molar-refractivity contribution in [1.82, 2.24) is 4.98 Å². The molecule has 0 fully saturated rings. The van der Waals surface area contributed by atoms with Gasteiger partial charge in [0.05, 0.1) is 4.90 Å². The van der Waals surface area contributed by atoms with E-state index in [1.807, 2.05) is 6.92 Å². The van der Waals surface area contributed by atoms with Crippen LogP contribution in [-0.4, -0.2) is 13.4 Å². The molecule has 0 aliphatic carbocycles.